The van der Waals surface area contributed by atoms with Crippen LogP contribution in [0.2, 0.25) is 0 Å². The monoisotopic (exact) mass is 394 g/mol. The van der Waals surface area contributed by atoms with Gasteiger partial charge in [-0.05, 0) is 75.3 Å². The average molecular weight is 395 g/mol. The first kappa shape index (κ1) is 20.3. The van der Waals surface area contributed by atoms with Gasteiger partial charge in [0.1, 0.15) is 6.10 Å². The lowest BCUT2D eigenvalue weighted by Crippen LogP contribution is -2.52. The minimum Gasteiger partial charge on any atom is -0.368 e. The summed E-state index contributed by atoms with van der Waals surface area (Å²) in [5, 5.41) is 0. The third-order valence-electron chi connectivity index (χ3n) is 6.28. The van der Waals surface area contributed by atoms with Gasteiger partial charge in [0.2, 0.25) is 10.0 Å². The lowest BCUT2D eigenvalue weighted by Gasteiger charge is -2.35. The fourth-order valence-electron chi connectivity index (χ4n) is 4.11. The van der Waals surface area contributed by atoms with Gasteiger partial charge in [0.05, 0.1) is 4.90 Å². The van der Waals surface area contributed by atoms with E-state index in [0.717, 1.165) is 40.7 Å². The van der Waals surface area contributed by atoms with E-state index in [2.05, 4.69) is 0 Å². The van der Waals surface area contributed by atoms with E-state index in [1.807, 2.05) is 34.6 Å². The van der Waals surface area contributed by atoms with Gasteiger partial charge in [0.15, 0.2) is 0 Å². The number of hydrogen-bond acceptors (Lipinski definition) is 4. The molecule has 0 aromatic heterocycles. The van der Waals surface area contributed by atoms with Crippen LogP contribution in [0, 0.1) is 34.6 Å². The smallest absolute Gasteiger partial charge is 0.251 e. The van der Waals surface area contributed by atoms with E-state index in [1.165, 1.54) is 4.31 Å². The van der Waals surface area contributed by atoms with Crippen molar-refractivity contribution in [2.75, 3.05) is 32.8 Å². The Bertz CT molecular complexity index is 820. The van der Waals surface area contributed by atoms with Gasteiger partial charge in [0.25, 0.3) is 5.91 Å². The van der Waals surface area contributed by atoms with Crippen LogP contribution in [0.5, 0.6) is 0 Å². The van der Waals surface area contributed by atoms with Crippen LogP contribution in [0.3, 0.4) is 0 Å². The summed E-state index contributed by atoms with van der Waals surface area (Å²) in [5.74, 6) is -0.000987. The van der Waals surface area contributed by atoms with Crippen LogP contribution in [-0.2, 0) is 19.6 Å². The van der Waals surface area contributed by atoms with E-state index in [9.17, 15) is 13.2 Å². The van der Waals surface area contributed by atoms with E-state index >= 15 is 0 Å². The van der Waals surface area contributed by atoms with E-state index in [4.69, 9.17) is 4.74 Å². The SMILES string of the molecule is Cc1c(C)c(C)c(S(=O)(=O)N2CCN(C(=O)[C@@H]3CCCO3)CC2)c(C)c1C. The zero-order chi connectivity index (χ0) is 19.9. The minimum atomic E-state index is -3.59. The standard InChI is InChI=1S/C20H30N2O4S/c1-13-14(2)16(4)19(17(5)15(13)3)27(24,25)22-10-8-21(9-11-22)20(23)18-7-6-12-26-18/h18H,6-12H2,1-5H3/t18-/m0/s1. The summed E-state index contributed by atoms with van der Waals surface area (Å²) < 4.78 is 33.8. The van der Waals surface area contributed by atoms with E-state index in [0.29, 0.717) is 37.7 Å². The molecular formula is C20H30N2O4S. The molecule has 2 saturated heterocycles. The highest BCUT2D eigenvalue weighted by atomic mass is 32.2. The van der Waals surface area contributed by atoms with Crippen molar-refractivity contribution in [3.63, 3.8) is 0 Å². The van der Waals surface area contributed by atoms with Crippen LogP contribution in [0.4, 0.5) is 0 Å². The highest BCUT2D eigenvalue weighted by Crippen LogP contribution is 2.32. The zero-order valence-electron chi connectivity index (χ0n) is 17.0. The summed E-state index contributed by atoms with van der Waals surface area (Å²) in [5.41, 5.74) is 4.87. The molecule has 1 aromatic rings. The summed E-state index contributed by atoms with van der Waals surface area (Å²) in [4.78, 5) is 14.7. The molecule has 2 aliphatic rings. The van der Waals surface area contributed by atoms with Crippen LogP contribution in [0.1, 0.15) is 40.7 Å². The molecule has 0 bridgehead atoms. The maximum atomic E-state index is 13.4. The average Bonchev–Trinajstić information content (AvgIpc) is 3.19. The Labute approximate surface area is 162 Å². The van der Waals surface area contributed by atoms with Crippen LogP contribution in [-0.4, -0.2) is 62.4 Å². The first-order chi connectivity index (χ1) is 12.7. The molecule has 0 saturated carbocycles. The number of hydrogen-bond donors (Lipinski definition) is 0. The van der Waals surface area contributed by atoms with Gasteiger partial charge in [0, 0.05) is 32.8 Å². The van der Waals surface area contributed by atoms with Crippen LogP contribution >= 0.6 is 0 Å². The van der Waals surface area contributed by atoms with Crippen molar-refractivity contribution in [2.24, 2.45) is 0 Å². The molecule has 7 heteroatoms. The summed E-state index contributed by atoms with van der Waals surface area (Å²) in [6.07, 6.45) is 1.33. The second-order valence-corrected chi connectivity index (χ2v) is 9.56. The molecular weight excluding hydrogens is 364 g/mol. The molecule has 1 amide bonds. The fraction of sp³-hybridized carbons (Fsp3) is 0.650. The van der Waals surface area contributed by atoms with Gasteiger partial charge in [-0.15, -0.1) is 0 Å². The molecule has 0 spiro atoms. The third-order valence-corrected chi connectivity index (χ3v) is 8.46. The molecule has 0 radical (unpaired) electrons. The second kappa shape index (κ2) is 7.53. The predicted octanol–water partition coefficient (Wildman–Crippen LogP) is 2.24. The summed E-state index contributed by atoms with van der Waals surface area (Å²) in [7, 11) is -3.59. The molecule has 0 N–H and O–H groups in total. The molecule has 2 fully saturated rings. The Morgan fingerprint density at radius 2 is 1.41 bits per heavy atom. The number of rotatable bonds is 3. The lowest BCUT2D eigenvalue weighted by molar-refractivity contribution is -0.142. The van der Waals surface area contributed by atoms with E-state index in [1.54, 1.807) is 4.90 Å². The molecule has 27 heavy (non-hydrogen) atoms. The number of ether oxygens (including phenoxy) is 1. The Morgan fingerprint density at radius 1 is 0.889 bits per heavy atom. The minimum absolute atomic E-state index is 0.000987. The molecule has 0 unspecified atom stereocenters. The van der Waals surface area contributed by atoms with Crippen LogP contribution in [0.15, 0.2) is 4.90 Å². The Balaban J connectivity index is 1.81. The van der Waals surface area contributed by atoms with Crippen molar-refractivity contribution < 1.29 is 17.9 Å². The molecule has 1 atom stereocenters. The van der Waals surface area contributed by atoms with Gasteiger partial charge >= 0.3 is 0 Å². The van der Waals surface area contributed by atoms with Crippen LogP contribution < -0.4 is 0 Å². The summed E-state index contributed by atoms with van der Waals surface area (Å²) in [6.45, 7) is 11.9. The second-order valence-electron chi connectivity index (χ2n) is 7.69. The molecule has 150 valence electrons. The highest BCUT2D eigenvalue weighted by Gasteiger charge is 2.35. The number of sulfonamides is 1. The number of amides is 1. The normalized spacial score (nSPS) is 21.7. The van der Waals surface area contributed by atoms with Crippen molar-refractivity contribution >= 4 is 15.9 Å². The van der Waals surface area contributed by atoms with E-state index in [-0.39, 0.29) is 12.0 Å². The maximum Gasteiger partial charge on any atom is 0.251 e. The number of nitrogens with zero attached hydrogens (tertiary/aromatic N) is 2. The van der Waals surface area contributed by atoms with E-state index < -0.39 is 10.0 Å². The number of carbonyl (C=O) groups is 1. The molecule has 1 aromatic carbocycles. The van der Waals surface area contributed by atoms with Gasteiger partial charge in [-0.3, -0.25) is 4.79 Å². The number of benzene rings is 1. The quantitative estimate of drug-likeness (QED) is 0.789. The van der Waals surface area contributed by atoms with Crippen molar-refractivity contribution in [3.8, 4) is 0 Å². The Kier molecular flexibility index (Phi) is 5.66. The summed E-state index contributed by atoms with van der Waals surface area (Å²) >= 11 is 0. The largest absolute Gasteiger partial charge is 0.368 e. The van der Waals surface area contributed by atoms with Crippen molar-refractivity contribution in [3.05, 3.63) is 27.8 Å². The van der Waals surface area contributed by atoms with Gasteiger partial charge in [-0.2, -0.15) is 4.31 Å². The Morgan fingerprint density at radius 3 is 1.89 bits per heavy atom. The number of piperazine rings is 1. The molecule has 2 heterocycles. The molecule has 0 aliphatic carbocycles. The predicted molar refractivity (Wildman–Crippen MR) is 104 cm³/mol. The van der Waals surface area contributed by atoms with Crippen molar-refractivity contribution in [1.82, 2.24) is 9.21 Å². The third kappa shape index (κ3) is 3.52. The Hall–Kier alpha value is -1.44. The maximum absolute atomic E-state index is 13.4. The molecule has 2 aliphatic heterocycles. The topological polar surface area (TPSA) is 66.9 Å². The summed E-state index contributed by atoms with van der Waals surface area (Å²) in [6, 6.07) is 0. The fourth-order valence-corrected chi connectivity index (χ4v) is 6.09. The molecule has 3 rings (SSSR count). The van der Waals surface area contributed by atoms with Gasteiger partial charge in [-0.1, -0.05) is 0 Å². The molecule has 6 nitrogen and oxygen atoms in total. The van der Waals surface area contributed by atoms with Gasteiger partial charge in [-0.25, -0.2) is 8.42 Å². The first-order valence-corrected chi connectivity index (χ1v) is 11.1. The van der Waals surface area contributed by atoms with Crippen LogP contribution in [0.25, 0.3) is 0 Å². The first-order valence-electron chi connectivity index (χ1n) is 9.63. The highest BCUT2D eigenvalue weighted by molar-refractivity contribution is 7.89. The van der Waals surface area contributed by atoms with Crippen molar-refractivity contribution in [1.29, 1.82) is 0 Å². The number of carbonyl (C=O) groups excluding carboxylic acids is 1. The van der Waals surface area contributed by atoms with Crippen molar-refractivity contribution in [2.45, 2.75) is 58.5 Å². The lowest BCUT2D eigenvalue weighted by atomic mass is 9.95. The zero-order valence-corrected chi connectivity index (χ0v) is 17.8. The van der Waals surface area contributed by atoms with Gasteiger partial charge < -0.3 is 9.64 Å².